The lowest BCUT2D eigenvalue weighted by molar-refractivity contribution is 0.245. The van der Waals surface area contributed by atoms with E-state index in [4.69, 9.17) is 0 Å². The van der Waals surface area contributed by atoms with Crippen molar-refractivity contribution in [3.63, 3.8) is 0 Å². The lowest BCUT2D eigenvalue weighted by Gasteiger charge is -2.34. The van der Waals surface area contributed by atoms with Crippen LogP contribution < -0.4 is 0 Å². The van der Waals surface area contributed by atoms with E-state index in [1.807, 2.05) is 18.2 Å². The maximum absolute atomic E-state index is 3.80. The van der Waals surface area contributed by atoms with Crippen molar-refractivity contribution >= 4 is 9.39 Å². The molecule has 1 rings (SSSR count). The molecule has 13 heavy (non-hydrogen) atoms. The molecule has 0 aromatic rings. The molecule has 0 spiro atoms. The average molecular weight is 196 g/mol. The summed E-state index contributed by atoms with van der Waals surface area (Å²) in [5.41, 5.74) is 1.17. The molecule has 0 aromatic carbocycles. The normalized spacial score (nSPS) is 20.1. The van der Waals surface area contributed by atoms with Gasteiger partial charge in [0.1, 0.15) is 0 Å². The molecule has 1 heterocycles. The van der Waals surface area contributed by atoms with Gasteiger partial charge in [-0.1, -0.05) is 28.6 Å². The van der Waals surface area contributed by atoms with Crippen LogP contribution in [0.3, 0.4) is 0 Å². The van der Waals surface area contributed by atoms with Crippen LogP contribution in [-0.2, 0) is 0 Å². The Kier molecular flexibility index (Phi) is 4.20. The van der Waals surface area contributed by atoms with Crippen LogP contribution in [0, 0.1) is 0 Å². The van der Waals surface area contributed by atoms with Gasteiger partial charge < -0.3 is 4.90 Å². The zero-order valence-electron chi connectivity index (χ0n) is 7.95. The Bertz CT molecular complexity index is 215. The molecule has 1 fully saturated rings. The third-order valence-corrected chi connectivity index (χ3v) is 2.69. The molecule has 3 heteroatoms. The number of hydrogen-bond donors (Lipinski definition) is 0. The van der Waals surface area contributed by atoms with Crippen molar-refractivity contribution in [2.45, 2.75) is 0 Å². The van der Waals surface area contributed by atoms with Crippen molar-refractivity contribution in [2.75, 3.05) is 26.2 Å². The predicted molar refractivity (Wildman–Crippen MR) is 61.3 cm³/mol. The second-order valence-electron chi connectivity index (χ2n) is 3.05. The minimum absolute atomic E-state index is 1.06. The largest absolute Gasteiger partial charge is 0.369 e. The van der Waals surface area contributed by atoms with E-state index in [2.05, 4.69) is 32.1 Å². The van der Waals surface area contributed by atoms with E-state index in [1.54, 1.807) is 0 Å². The Morgan fingerprint density at radius 3 is 2.23 bits per heavy atom. The summed E-state index contributed by atoms with van der Waals surface area (Å²) >= 11 is 0. The van der Waals surface area contributed by atoms with E-state index in [0.717, 1.165) is 26.2 Å². The average Bonchev–Trinajstić information content (AvgIpc) is 2.16. The lowest BCUT2D eigenvalue weighted by Crippen LogP contribution is -2.41. The second-order valence-corrected chi connectivity index (χ2v) is 3.78. The Labute approximate surface area is 82.9 Å². The number of rotatable bonds is 3. The molecule has 1 saturated heterocycles. The first-order valence-electron chi connectivity index (χ1n) is 4.47. The van der Waals surface area contributed by atoms with E-state index in [9.17, 15) is 0 Å². The van der Waals surface area contributed by atoms with Gasteiger partial charge in [-0.3, -0.25) is 4.67 Å². The number of piperazine rings is 1. The Balaban J connectivity index is 2.56. The summed E-state index contributed by atoms with van der Waals surface area (Å²) in [6.07, 6.45) is 5.70. The quantitative estimate of drug-likeness (QED) is 0.500. The van der Waals surface area contributed by atoms with Gasteiger partial charge in [0.15, 0.2) is 0 Å². The van der Waals surface area contributed by atoms with E-state index < -0.39 is 0 Å². The monoisotopic (exact) mass is 196 g/mol. The molecule has 0 radical (unpaired) electrons. The van der Waals surface area contributed by atoms with E-state index >= 15 is 0 Å². The summed E-state index contributed by atoms with van der Waals surface area (Å²) in [7, 11) is 2.74. The van der Waals surface area contributed by atoms with Gasteiger partial charge in [-0.05, 0) is 12.2 Å². The third-order valence-electron chi connectivity index (χ3n) is 2.18. The number of nitrogens with zero attached hydrogens (tertiary/aromatic N) is 2. The summed E-state index contributed by atoms with van der Waals surface area (Å²) < 4.78 is 2.26. The SMILES string of the molecule is C=C/C=C(\C=C)N1CCN(P)CC1. The van der Waals surface area contributed by atoms with Gasteiger partial charge >= 0.3 is 0 Å². The molecule has 1 aliphatic rings. The molecule has 0 bridgehead atoms. The van der Waals surface area contributed by atoms with Crippen molar-refractivity contribution in [3.05, 3.63) is 37.1 Å². The van der Waals surface area contributed by atoms with Gasteiger partial charge in [0.2, 0.25) is 0 Å². The molecular formula is C10H17N2P. The molecule has 0 aliphatic carbocycles. The van der Waals surface area contributed by atoms with Crippen molar-refractivity contribution in [2.24, 2.45) is 0 Å². The smallest absolute Gasteiger partial charge is 0.0360 e. The molecule has 2 nitrogen and oxygen atoms in total. The van der Waals surface area contributed by atoms with Crippen molar-refractivity contribution in [3.8, 4) is 0 Å². The van der Waals surface area contributed by atoms with E-state index in [0.29, 0.717) is 0 Å². The Morgan fingerprint density at radius 2 is 1.77 bits per heavy atom. The number of allylic oxidation sites excluding steroid dienone is 3. The number of hydrogen-bond acceptors (Lipinski definition) is 2. The van der Waals surface area contributed by atoms with Crippen LogP contribution in [-0.4, -0.2) is 35.7 Å². The molecule has 1 aliphatic heterocycles. The van der Waals surface area contributed by atoms with E-state index in [-0.39, 0.29) is 0 Å². The van der Waals surface area contributed by atoms with Crippen molar-refractivity contribution in [1.82, 2.24) is 9.57 Å². The summed E-state index contributed by atoms with van der Waals surface area (Å²) in [6.45, 7) is 11.8. The minimum atomic E-state index is 1.06. The van der Waals surface area contributed by atoms with Crippen LogP contribution in [0.4, 0.5) is 0 Å². The summed E-state index contributed by atoms with van der Waals surface area (Å²) in [6, 6.07) is 0. The Morgan fingerprint density at radius 1 is 1.15 bits per heavy atom. The van der Waals surface area contributed by atoms with Crippen LogP contribution in [0.1, 0.15) is 0 Å². The maximum Gasteiger partial charge on any atom is 0.0360 e. The first-order valence-corrected chi connectivity index (χ1v) is 4.99. The maximum atomic E-state index is 3.80. The van der Waals surface area contributed by atoms with E-state index in [1.165, 1.54) is 5.70 Å². The van der Waals surface area contributed by atoms with Gasteiger partial charge in [-0.15, -0.1) is 0 Å². The highest BCUT2D eigenvalue weighted by Crippen LogP contribution is 2.12. The third kappa shape index (κ3) is 2.98. The van der Waals surface area contributed by atoms with Gasteiger partial charge in [0.25, 0.3) is 0 Å². The standard InChI is InChI=1S/C10H17N2P/c1-3-5-10(4-2)11-6-8-12(13)9-7-11/h3-5H,1-2,6-9,13H2/b10-5+. The van der Waals surface area contributed by atoms with Gasteiger partial charge in [0, 0.05) is 31.9 Å². The first kappa shape index (κ1) is 10.5. The highest BCUT2D eigenvalue weighted by molar-refractivity contribution is 7.13. The van der Waals surface area contributed by atoms with Crippen LogP contribution in [0.2, 0.25) is 0 Å². The molecular weight excluding hydrogens is 179 g/mol. The predicted octanol–water partition coefficient (Wildman–Crippen LogP) is 1.65. The molecule has 0 amide bonds. The molecule has 72 valence electrons. The summed E-state index contributed by atoms with van der Waals surface area (Å²) in [5.74, 6) is 0. The Hall–Kier alpha value is -0.590. The first-order chi connectivity index (χ1) is 6.27. The molecule has 0 N–H and O–H groups in total. The van der Waals surface area contributed by atoms with Gasteiger partial charge in [-0.25, -0.2) is 0 Å². The topological polar surface area (TPSA) is 6.48 Å². The second kappa shape index (κ2) is 5.21. The molecule has 1 atom stereocenters. The van der Waals surface area contributed by atoms with Crippen LogP contribution >= 0.6 is 9.39 Å². The van der Waals surface area contributed by atoms with Crippen LogP contribution in [0.15, 0.2) is 37.1 Å². The molecule has 0 saturated carbocycles. The highest BCUT2D eigenvalue weighted by Gasteiger charge is 2.13. The van der Waals surface area contributed by atoms with Gasteiger partial charge in [0.05, 0.1) is 0 Å². The fraction of sp³-hybridized carbons (Fsp3) is 0.400. The van der Waals surface area contributed by atoms with Crippen LogP contribution in [0.25, 0.3) is 0 Å². The van der Waals surface area contributed by atoms with Crippen LogP contribution in [0.5, 0.6) is 0 Å². The summed E-state index contributed by atoms with van der Waals surface area (Å²) in [5, 5.41) is 0. The highest BCUT2D eigenvalue weighted by atomic mass is 31.0. The zero-order chi connectivity index (χ0) is 9.68. The van der Waals surface area contributed by atoms with Gasteiger partial charge in [-0.2, -0.15) is 0 Å². The zero-order valence-corrected chi connectivity index (χ0v) is 9.10. The lowest BCUT2D eigenvalue weighted by atomic mass is 10.3. The fourth-order valence-electron chi connectivity index (χ4n) is 1.40. The fourth-order valence-corrected chi connectivity index (χ4v) is 1.63. The van der Waals surface area contributed by atoms with Crippen molar-refractivity contribution in [1.29, 1.82) is 0 Å². The van der Waals surface area contributed by atoms with Crippen molar-refractivity contribution < 1.29 is 0 Å². The molecule has 0 aromatic heterocycles. The molecule has 1 unspecified atom stereocenters. The summed E-state index contributed by atoms with van der Waals surface area (Å²) in [4.78, 5) is 2.33. The minimum Gasteiger partial charge on any atom is -0.369 e.